The quantitative estimate of drug-likeness (QED) is 0.417. The lowest BCUT2D eigenvalue weighted by molar-refractivity contribution is -0.179. The van der Waals surface area contributed by atoms with Gasteiger partial charge in [-0.05, 0) is 67.7 Å². The van der Waals surface area contributed by atoms with E-state index in [-0.39, 0.29) is 57.8 Å². The Morgan fingerprint density at radius 3 is 2.75 bits per heavy atom. The van der Waals surface area contributed by atoms with E-state index in [2.05, 4.69) is 16.9 Å². The number of alkyl halides is 3. The zero-order chi connectivity index (χ0) is 28.8. The Morgan fingerprint density at radius 2 is 2.02 bits per heavy atom. The highest BCUT2D eigenvalue weighted by atomic mass is 32.2. The zero-order valence-electron chi connectivity index (χ0n) is 22.6. The highest BCUT2D eigenvalue weighted by Gasteiger charge is 2.70. The van der Waals surface area contributed by atoms with E-state index in [1.54, 1.807) is 12.2 Å². The smallest absolute Gasteiger partial charge is 0.393 e. The lowest BCUT2D eigenvalue weighted by Gasteiger charge is -2.59. The first-order valence-electron chi connectivity index (χ1n) is 13.8. The van der Waals surface area contributed by atoms with Gasteiger partial charge in [0.05, 0.1) is 22.9 Å². The first kappa shape index (κ1) is 27.7. The number of para-hydroxylation sites is 1. The van der Waals surface area contributed by atoms with E-state index < -0.39 is 40.1 Å². The fraction of sp³-hybridized carbons (Fsp3) is 0.567. The molecule has 3 saturated carbocycles. The van der Waals surface area contributed by atoms with Gasteiger partial charge in [0.25, 0.3) is 0 Å². The van der Waals surface area contributed by atoms with Gasteiger partial charge in [0.15, 0.2) is 16.7 Å². The summed E-state index contributed by atoms with van der Waals surface area (Å²) in [5, 5.41) is 23.9. The number of thioether (sulfide) groups is 1. The largest absolute Gasteiger partial charge is 0.418 e. The van der Waals surface area contributed by atoms with Crippen LogP contribution in [-0.2, 0) is 15.8 Å². The molecule has 3 fully saturated rings. The summed E-state index contributed by atoms with van der Waals surface area (Å²) >= 11 is 0.983. The van der Waals surface area contributed by atoms with E-state index in [1.807, 2.05) is 19.9 Å². The Hall–Kier alpha value is -2.43. The van der Waals surface area contributed by atoms with E-state index >= 15 is 0 Å². The third-order valence-electron chi connectivity index (χ3n) is 10.6. The van der Waals surface area contributed by atoms with Gasteiger partial charge in [-0.2, -0.15) is 13.2 Å². The fourth-order valence-electron chi connectivity index (χ4n) is 8.80. The van der Waals surface area contributed by atoms with Crippen LogP contribution in [0.3, 0.4) is 0 Å². The van der Waals surface area contributed by atoms with Crippen molar-refractivity contribution in [2.75, 3.05) is 5.75 Å². The van der Waals surface area contributed by atoms with Gasteiger partial charge in [-0.3, -0.25) is 9.59 Å². The summed E-state index contributed by atoms with van der Waals surface area (Å²) in [6.45, 7) is 5.86. The van der Waals surface area contributed by atoms with Crippen molar-refractivity contribution < 1.29 is 33.0 Å². The van der Waals surface area contributed by atoms with Gasteiger partial charge >= 0.3 is 6.18 Å². The molecule has 6 unspecified atom stereocenters. The number of carbonyl (C=O) groups is 2. The number of aliphatic hydroxyl groups is 2. The number of hydrogen-bond donors (Lipinski definition) is 3. The number of halogens is 3. The van der Waals surface area contributed by atoms with E-state index in [0.717, 1.165) is 36.2 Å². The summed E-state index contributed by atoms with van der Waals surface area (Å²) in [4.78, 5) is 32.9. The van der Waals surface area contributed by atoms with Crippen molar-refractivity contribution in [3.8, 4) is 0 Å². The number of Topliss-reactive ketones (excluding diaryl/α,β-unsaturated/α-hetero) is 1. The third-order valence-corrected chi connectivity index (χ3v) is 11.5. The number of hydrogen-bond acceptors (Lipinski definition) is 6. The molecule has 0 aliphatic heterocycles. The molecular weight excluding hydrogens is 541 g/mol. The number of benzene rings is 1. The van der Waals surface area contributed by atoms with E-state index in [9.17, 15) is 33.0 Å². The van der Waals surface area contributed by atoms with Gasteiger partial charge in [-0.15, -0.1) is 0 Å². The minimum Gasteiger partial charge on any atom is -0.393 e. The number of carbonyl (C=O) groups excluding carboxylic acids is 2. The molecule has 3 N–H and O–H groups in total. The average molecular weight is 575 g/mol. The SMILES string of the molecule is C[C@@H]1CC2C3CCC4=CC(=O)C=CC4(C)C3C(O)CC2(C)[C@@]1(O)C(=O)CSc1nc2c(C(F)(F)F)cccc2[nH]1. The first-order valence-corrected chi connectivity index (χ1v) is 14.8. The number of rotatable bonds is 4. The molecule has 1 aromatic carbocycles. The number of allylic oxidation sites excluding steroid dienone is 4. The average Bonchev–Trinajstić information content (AvgIpc) is 3.39. The van der Waals surface area contributed by atoms with Crippen molar-refractivity contribution in [3.63, 3.8) is 0 Å². The Kier molecular flexibility index (Phi) is 6.26. The summed E-state index contributed by atoms with van der Waals surface area (Å²) < 4.78 is 40.3. The van der Waals surface area contributed by atoms with Gasteiger partial charge < -0.3 is 15.2 Å². The van der Waals surface area contributed by atoms with Crippen LogP contribution in [0.25, 0.3) is 11.0 Å². The highest BCUT2D eigenvalue weighted by Crippen LogP contribution is 2.68. The summed E-state index contributed by atoms with van der Waals surface area (Å²) in [6.07, 6.45) is 2.27. The fourth-order valence-corrected chi connectivity index (χ4v) is 9.63. The van der Waals surface area contributed by atoms with Gasteiger partial charge in [0, 0.05) is 16.7 Å². The molecule has 8 atom stereocenters. The Balaban J connectivity index is 1.26. The second-order valence-corrected chi connectivity index (χ2v) is 13.5. The van der Waals surface area contributed by atoms with Crippen molar-refractivity contribution in [3.05, 3.63) is 47.6 Å². The topological polar surface area (TPSA) is 103 Å². The van der Waals surface area contributed by atoms with Crippen LogP contribution in [0.5, 0.6) is 0 Å². The number of aromatic amines is 1. The monoisotopic (exact) mass is 574 g/mol. The number of imidazole rings is 1. The van der Waals surface area contributed by atoms with Crippen LogP contribution in [0.2, 0.25) is 0 Å². The van der Waals surface area contributed by atoms with Crippen molar-refractivity contribution in [2.45, 2.75) is 69.5 Å². The maximum absolute atomic E-state index is 13.8. The molecule has 6 nitrogen and oxygen atoms in total. The predicted molar refractivity (Wildman–Crippen MR) is 144 cm³/mol. The number of fused-ring (bicyclic) bond motifs is 6. The molecule has 4 aliphatic rings. The van der Waals surface area contributed by atoms with Crippen LogP contribution in [0.4, 0.5) is 13.2 Å². The molecule has 0 saturated heterocycles. The van der Waals surface area contributed by atoms with E-state index in [4.69, 9.17) is 0 Å². The molecule has 6 rings (SSSR count). The summed E-state index contributed by atoms with van der Waals surface area (Å²) in [7, 11) is 0. The van der Waals surface area contributed by atoms with Crippen LogP contribution in [-0.4, -0.2) is 49.2 Å². The molecule has 1 heterocycles. The van der Waals surface area contributed by atoms with Crippen molar-refractivity contribution in [1.82, 2.24) is 9.97 Å². The van der Waals surface area contributed by atoms with Crippen LogP contribution >= 0.6 is 11.8 Å². The number of ketones is 2. The van der Waals surface area contributed by atoms with Crippen LogP contribution in [0.1, 0.15) is 52.0 Å². The molecule has 0 amide bonds. The molecule has 214 valence electrons. The number of nitrogens with one attached hydrogen (secondary N) is 1. The minimum absolute atomic E-state index is 0.000187. The van der Waals surface area contributed by atoms with Crippen LogP contribution in [0, 0.1) is 34.5 Å². The number of nitrogens with zero attached hydrogens (tertiary/aromatic N) is 1. The van der Waals surface area contributed by atoms with Gasteiger partial charge in [-0.25, -0.2) is 4.98 Å². The summed E-state index contributed by atoms with van der Waals surface area (Å²) in [5.74, 6) is -1.00. The molecule has 10 heteroatoms. The Labute approximate surface area is 234 Å². The molecule has 0 bridgehead atoms. The number of aromatic nitrogens is 2. The maximum atomic E-state index is 13.8. The Morgan fingerprint density at radius 1 is 1.27 bits per heavy atom. The molecule has 40 heavy (non-hydrogen) atoms. The molecular formula is C30H33F3N2O4S. The molecule has 0 radical (unpaired) electrons. The minimum atomic E-state index is -4.56. The summed E-state index contributed by atoms with van der Waals surface area (Å²) in [5.41, 5.74) is -2.80. The first-order chi connectivity index (χ1) is 18.7. The zero-order valence-corrected chi connectivity index (χ0v) is 23.4. The molecule has 2 aromatic rings. The van der Waals surface area contributed by atoms with E-state index in [1.165, 1.54) is 12.1 Å². The normalized spacial score (nSPS) is 39.0. The van der Waals surface area contributed by atoms with Crippen LogP contribution in [0.15, 0.2) is 47.2 Å². The van der Waals surface area contributed by atoms with Crippen LogP contribution < -0.4 is 0 Å². The van der Waals surface area contributed by atoms with Crippen molar-refractivity contribution in [1.29, 1.82) is 0 Å². The standard InChI is InChI=1S/C30H33F3N2O4S/c1-15-11-20-18-8-7-16-12-17(36)9-10-27(16,2)24(18)22(37)13-28(20,3)29(15,39)23(38)14-40-26-34-21-6-4-5-19(25(21)35-26)30(31,32)33/h4-6,9-10,12,15,18,20,22,24,37,39H,7-8,11,13-14H2,1-3H3,(H,34,35)/t15-,18?,20?,22?,24?,27?,28?,29+/m1/s1. The van der Waals surface area contributed by atoms with E-state index in [0.29, 0.717) is 6.42 Å². The number of H-pyrrole nitrogens is 1. The lowest BCUT2D eigenvalue weighted by Crippen LogP contribution is -2.62. The Bertz CT molecular complexity index is 1470. The molecule has 4 aliphatic carbocycles. The second kappa shape index (κ2) is 9.03. The third kappa shape index (κ3) is 3.81. The van der Waals surface area contributed by atoms with Gasteiger partial charge in [0.2, 0.25) is 0 Å². The molecule has 1 aromatic heterocycles. The molecule has 0 spiro atoms. The predicted octanol–water partition coefficient (Wildman–Crippen LogP) is 5.50. The maximum Gasteiger partial charge on any atom is 0.418 e. The van der Waals surface area contributed by atoms with Gasteiger partial charge in [0.1, 0.15) is 11.1 Å². The van der Waals surface area contributed by atoms with Crippen molar-refractivity contribution >= 4 is 34.4 Å². The van der Waals surface area contributed by atoms with Gasteiger partial charge in [-0.1, -0.05) is 50.2 Å². The summed E-state index contributed by atoms with van der Waals surface area (Å²) in [6, 6.07) is 3.78. The lowest BCUT2D eigenvalue weighted by atomic mass is 9.46. The second-order valence-electron chi connectivity index (χ2n) is 12.6. The number of aliphatic hydroxyl groups excluding tert-OH is 1. The van der Waals surface area contributed by atoms with Crippen molar-refractivity contribution in [2.24, 2.45) is 34.5 Å². The highest BCUT2D eigenvalue weighted by molar-refractivity contribution is 7.99.